The van der Waals surface area contributed by atoms with Crippen molar-refractivity contribution in [3.8, 4) is 34.5 Å². The van der Waals surface area contributed by atoms with Crippen molar-refractivity contribution in [2.24, 2.45) is 0 Å². The van der Waals surface area contributed by atoms with Crippen LogP contribution in [0.4, 0.5) is 0 Å². The molecule has 9 radical (unpaired) electrons. The summed E-state index contributed by atoms with van der Waals surface area (Å²) in [6, 6.07) is 21.0. The molecule has 38 heavy (non-hydrogen) atoms. The van der Waals surface area contributed by atoms with E-state index in [0.717, 1.165) is 68.2 Å². The molecule has 3 rings (SSSR count). The first-order chi connectivity index (χ1) is 18.4. The highest BCUT2D eigenvalue weighted by atomic mass is 28.2. The Morgan fingerprint density at radius 3 is 1.03 bits per heavy atom. The summed E-state index contributed by atoms with van der Waals surface area (Å²) in [5.41, 5.74) is 0. The van der Waals surface area contributed by atoms with Gasteiger partial charge < -0.3 is 28.4 Å². The molecule has 6 nitrogen and oxygen atoms in total. The van der Waals surface area contributed by atoms with Crippen LogP contribution < -0.4 is 44.0 Å². The van der Waals surface area contributed by atoms with Crippen LogP contribution in [-0.2, 0) is 0 Å². The zero-order valence-corrected chi connectivity index (χ0v) is 26.8. The Bertz CT molecular complexity index is 1050. The second-order valence-electron chi connectivity index (χ2n) is 8.46. The van der Waals surface area contributed by atoms with Crippen molar-refractivity contribution in [1.82, 2.24) is 0 Å². The zero-order valence-electron chi connectivity index (χ0n) is 22.8. The predicted octanol–water partition coefficient (Wildman–Crippen LogP) is 2.71. The Kier molecular flexibility index (Phi) is 11.4. The van der Waals surface area contributed by atoms with Crippen LogP contribution in [0.15, 0.2) is 54.6 Å². The van der Waals surface area contributed by atoms with Crippen molar-refractivity contribution in [2.75, 3.05) is 42.7 Å². The number of methoxy groups -OCH3 is 6. The second-order valence-corrected chi connectivity index (χ2v) is 13.3. The fourth-order valence-corrected chi connectivity index (χ4v) is 9.74. The lowest BCUT2D eigenvalue weighted by molar-refractivity contribution is 0.357. The van der Waals surface area contributed by atoms with Crippen molar-refractivity contribution in [3.63, 3.8) is 0 Å². The van der Waals surface area contributed by atoms with Gasteiger partial charge in [-0.15, -0.1) is 0 Å². The molecule has 0 aromatic heterocycles. The predicted molar refractivity (Wildman–Crippen MR) is 158 cm³/mol. The van der Waals surface area contributed by atoms with Crippen LogP contribution in [0.3, 0.4) is 0 Å². The van der Waals surface area contributed by atoms with Gasteiger partial charge in [-0.1, -0.05) is 54.5 Å². The summed E-state index contributed by atoms with van der Waals surface area (Å²) in [6.07, 6.45) is 0. The third kappa shape index (κ3) is 7.25. The highest BCUT2D eigenvalue weighted by molar-refractivity contribution is 6.61. The summed E-state index contributed by atoms with van der Waals surface area (Å²) in [7, 11) is 16.0. The number of benzene rings is 3. The maximum atomic E-state index is 5.71. The largest absolute Gasteiger partial charge is 0.493 e. The molecule has 197 valence electrons. The molecule has 0 heterocycles. The third-order valence-corrected chi connectivity index (χ3v) is 12.5. The Labute approximate surface area is 237 Å². The van der Waals surface area contributed by atoms with Gasteiger partial charge in [-0.2, -0.15) is 0 Å². The summed E-state index contributed by atoms with van der Waals surface area (Å²) >= 11 is 0. The molecule has 0 atom stereocenters. The van der Waals surface area contributed by atoms with E-state index in [1.54, 1.807) is 42.7 Å². The van der Waals surface area contributed by atoms with Crippen LogP contribution in [0, 0.1) is 0 Å². The SMILES string of the molecule is COc1cccc([Si]CC([Si])(C[Si]c2cccc(OC)c2OC)C[Si]c2cccc(OC)c2OC)c1OC. The highest BCUT2D eigenvalue weighted by Crippen LogP contribution is 2.38. The molecule has 0 aliphatic carbocycles. The molecule has 0 unspecified atom stereocenters. The molecule has 0 bridgehead atoms. The molecule has 0 spiro atoms. The monoisotopic (exact) mass is 577 g/mol. The first-order valence-electron chi connectivity index (χ1n) is 12.0. The standard InChI is InChI=1S/C28H33O6Si4/c1-29-19-10-7-13-22(25(19)32-4)36-16-28(35,17-37-23-14-8-11-20(30-2)26(23)33-5)18-38-24-15-9-12-21(31-3)27(24)34-6/h7-15H,16-18H2,1-6H3. The zero-order chi connectivity index (χ0) is 27.5. The maximum absolute atomic E-state index is 5.71. The van der Waals surface area contributed by atoms with Gasteiger partial charge in [0.25, 0.3) is 0 Å². The quantitative estimate of drug-likeness (QED) is 0.259. The van der Waals surface area contributed by atoms with E-state index in [-0.39, 0.29) is 5.04 Å². The number of hydrogen-bond acceptors (Lipinski definition) is 6. The molecular weight excluding hydrogens is 545 g/mol. The Morgan fingerprint density at radius 1 is 0.500 bits per heavy atom. The van der Waals surface area contributed by atoms with E-state index < -0.39 is 0 Å². The van der Waals surface area contributed by atoms with Gasteiger partial charge in [0.15, 0.2) is 34.5 Å². The lowest BCUT2D eigenvalue weighted by Gasteiger charge is -2.30. The summed E-state index contributed by atoms with van der Waals surface area (Å²) in [5.74, 6) is 4.66. The normalized spacial score (nSPS) is 11.1. The minimum absolute atomic E-state index is 0.133. The lowest BCUT2D eigenvalue weighted by atomic mass is 10.2. The fourth-order valence-electron chi connectivity index (χ4n) is 4.06. The van der Waals surface area contributed by atoms with E-state index in [0.29, 0.717) is 28.6 Å². The summed E-state index contributed by atoms with van der Waals surface area (Å²) in [6.45, 7) is 0. The van der Waals surface area contributed by atoms with Gasteiger partial charge in [-0.05, 0) is 38.8 Å². The van der Waals surface area contributed by atoms with Crippen LogP contribution in [0.25, 0.3) is 0 Å². The van der Waals surface area contributed by atoms with Gasteiger partial charge in [-0.3, -0.25) is 0 Å². The van der Waals surface area contributed by atoms with Crippen molar-refractivity contribution in [1.29, 1.82) is 0 Å². The summed E-state index contributed by atoms with van der Waals surface area (Å²) in [4.78, 5) is 0. The van der Waals surface area contributed by atoms with Crippen LogP contribution in [-0.4, -0.2) is 81.5 Å². The first kappa shape index (κ1) is 29.9. The van der Waals surface area contributed by atoms with Crippen LogP contribution in [0.1, 0.15) is 0 Å². The molecule has 0 saturated carbocycles. The Hall–Kier alpha value is -2.67. The van der Waals surface area contributed by atoms with Gasteiger partial charge in [0.1, 0.15) is 0 Å². The molecule has 10 heteroatoms. The van der Waals surface area contributed by atoms with Gasteiger partial charge in [0.2, 0.25) is 0 Å². The summed E-state index contributed by atoms with van der Waals surface area (Å²) < 4.78 is 33.7. The lowest BCUT2D eigenvalue weighted by Crippen LogP contribution is -2.30. The van der Waals surface area contributed by atoms with Gasteiger partial charge in [-0.25, -0.2) is 0 Å². The molecule has 0 aliphatic heterocycles. The first-order valence-corrected chi connectivity index (χ1v) is 16.1. The molecule has 0 fully saturated rings. The fraction of sp³-hybridized carbons (Fsp3) is 0.357. The molecule has 0 aliphatic rings. The van der Waals surface area contributed by atoms with Crippen molar-refractivity contribution >= 4 is 54.4 Å². The van der Waals surface area contributed by atoms with Gasteiger partial charge in [0, 0.05) is 10.2 Å². The second kappa shape index (κ2) is 14.5. The van der Waals surface area contributed by atoms with Crippen LogP contribution in [0.5, 0.6) is 34.5 Å². The smallest absolute Gasteiger partial charge is 0.160 e. The van der Waals surface area contributed by atoms with Crippen molar-refractivity contribution in [2.45, 2.75) is 23.2 Å². The minimum atomic E-state index is -0.133. The average Bonchev–Trinajstić information content (AvgIpc) is 2.96. The third-order valence-electron chi connectivity index (χ3n) is 6.06. The van der Waals surface area contributed by atoms with E-state index in [4.69, 9.17) is 28.4 Å². The Morgan fingerprint density at radius 2 is 0.789 bits per heavy atom. The van der Waals surface area contributed by atoms with Crippen LogP contribution >= 0.6 is 0 Å². The molecule has 0 saturated heterocycles. The number of para-hydroxylation sites is 3. The van der Waals surface area contributed by atoms with Crippen LogP contribution in [0.2, 0.25) is 23.2 Å². The summed E-state index contributed by atoms with van der Waals surface area (Å²) in [5, 5.41) is 3.32. The van der Waals surface area contributed by atoms with Crippen molar-refractivity contribution in [3.05, 3.63) is 54.6 Å². The molecule has 3 aromatic carbocycles. The van der Waals surface area contributed by atoms with Gasteiger partial charge >= 0.3 is 0 Å². The average molecular weight is 578 g/mol. The topological polar surface area (TPSA) is 55.4 Å². The molecule has 0 N–H and O–H groups in total. The number of rotatable bonds is 15. The Balaban J connectivity index is 1.87. The molecular formula is C28H33O6Si4. The molecule has 3 aromatic rings. The highest BCUT2D eigenvalue weighted by Gasteiger charge is 2.28. The maximum Gasteiger partial charge on any atom is 0.160 e. The van der Waals surface area contributed by atoms with E-state index >= 15 is 0 Å². The van der Waals surface area contributed by atoms with E-state index in [9.17, 15) is 0 Å². The van der Waals surface area contributed by atoms with Gasteiger partial charge in [0.05, 0.1) is 71.2 Å². The van der Waals surface area contributed by atoms with E-state index in [1.807, 2.05) is 36.4 Å². The number of hydrogen-bond donors (Lipinski definition) is 0. The van der Waals surface area contributed by atoms with E-state index in [1.165, 1.54) is 0 Å². The van der Waals surface area contributed by atoms with E-state index in [2.05, 4.69) is 28.4 Å². The van der Waals surface area contributed by atoms with Crippen molar-refractivity contribution < 1.29 is 28.4 Å². The number of ether oxygens (including phenoxy) is 6. The minimum Gasteiger partial charge on any atom is -0.493 e. The molecule has 0 amide bonds.